The third kappa shape index (κ3) is 7.83. The van der Waals surface area contributed by atoms with Crippen LogP contribution in [-0.4, -0.2) is 68.3 Å². The van der Waals surface area contributed by atoms with Gasteiger partial charge in [0.25, 0.3) is 5.91 Å². The van der Waals surface area contributed by atoms with Crippen LogP contribution in [-0.2, 0) is 30.3 Å². The van der Waals surface area contributed by atoms with Crippen molar-refractivity contribution in [1.82, 2.24) is 16.0 Å². The summed E-state index contributed by atoms with van der Waals surface area (Å²) in [5.74, 6) is -2.53. The number of benzene rings is 1. The Morgan fingerprint density at radius 1 is 1.18 bits per heavy atom. The Balaban J connectivity index is 1.70. The molecule has 1 aromatic carbocycles. The van der Waals surface area contributed by atoms with Gasteiger partial charge in [0, 0.05) is 24.4 Å². The normalized spacial score (nSPS) is 20.2. The van der Waals surface area contributed by atoms with E-state index in [-0.39, 0.29) is 31.1 Å². The number of carbonyl (C=O) groups excluding carboxylic acids is 4. The Morgan fingerprint density at radius 3 is 2.53 bits per heavy atom. The summed E-state index contributed by atoms with van der Waals surface area (Å²) in [5, 5.41) is 7.68. The molecule has 0 aliphatic carbocycles. The van der Waals surface area contributed by atoms with Crippen LogP contribution in [0.15, 0.2) is 18.2 Å². The first-order valence-corrected chi connectivity index (χ1v) is 12.3. The van der Waals surface area contributed by atoms with E-state index in [4.69, 9.17) is 9.47 Å². The molecule has 0 bridgehead atoms. The van der Waals surface area contributed by atoms with Crippen LogP contribution in [0.4, 0.5) is 13.2 Å². The van der Waals surface area contributed by atoms with Gasteiger partial charge < -0.3 is 25.4 Å². The molecular weight excluding hydrogens is 511 g/mol. The molecule has 3 rings (SSSR count). The number of ketones is 1. The highest BCUT2D eigenvalue weighted by Gasteiger charge is 2.37. The smallest absolute Gasteiger partial charge is 0.493 e. The molecule has 2 aliphatic rings. The Labute approximate surface area is 217 Å². The van der Waals surface area contributed by atoms with E-state index in [1.165, 1.54) is 7.11 Å². The van der Waals surface area contributed by atoms with Crippen LogP contribution >= 0.6 is 0 Å². The van der Waals surface area contributed by atoms with Gasteiger partial charge >= 0.3 is 6.36 Å². The molecular formula is C25H32F3N3O7. The minimum Gasteiger partial charge on any atom is -0.493 e. The van der Waals surface area contributed by atoms with Crippen LogP contribution in [0.5, 0.6) is 11.5 Å². The molecule has 1 fully saturated rings. The van der Waals surface area contributed by atoms with Gasteiger partial charge in [-0.3, -0.25) is 23.9 Å². The molecule has 210 valence electrons. The van der Waals surface area contributed by atoms with Crippen molar-refractivity contribution in [3.8, 4) is 11.5 Å². The van der Waals surface area contributed by atoms with E-state index in [9.17, 15) is 32.3 Å². The topological polar surface area (TPSA) is 132 Å². The number of ether oxygens (including phenoxy) is 3. The second-order valence-electron chi connectivity index (χ2n) is 9.72. The Kier molecular flexibility index (Phi) is 9.58. The molecule has 0 spiro atoms. The minimum absolute atomic E-state index is 0.0591. The van der Waals surface area contributed by atoms with Crippen LogP contribution < -0.4 is 25.4 Å². The molecule has 1 saturated heterocycles. The fourth-order valence-electron chi connectivity index (χ4n) is 4.47. The van der Waals surface area contributed by atoms with Gasteiger partial charge in [-0.25, -0.2) is 0 Å². The predicted molar refractivity (Wildman–Crippen MR) is 127 cm³/mol. The summed E-state index contributed by atoms with van der Waals surface area (Å²) in [6, 6.07) is 2.73. The first kappa shape index (κ1) is 29.2. The summed E-state index contributed by atoms with van der Waals surface area (Å²) in [4.78, 5) is 50.9. The standard InChI is InChI=1S/C25H32F3N3O7/c1-13(2)9-17(31-24(35)20-11-14-5-4-6-19(36-3)21(14)38-20)23(34)30-16(10-15-7-8-29-22(15)33)18(32)12-37-25(26,27)28/h4-6,13,15-17,20H,7-12H2,1-3H3,(H,29,33)(H,30,34)(H,31,35)/t15-,16-,17-,20?/m0/s1. The lowest BCUT2D eigenvalue weighted by Gasteiger charge is -2.26. The van der Waals surface area contributed by atoms with Crippen LogP contribution in [0.2, 0.25) is 0 Å². The molecule has 3 N–H and O–H groups in total. The van der Waals surface area contributed by atoms with Crippen LogP contribution in [0.1, 0.15) is 38.7 Å². The van der Waals surface area contributed by atoms with Gasteiger partial charge in [-0.15, -0.1) is 13.2 Å². The molecule has 0 saturated carbocycles. The highest BCUT2D eigenvalue weighted by Crippen LogP contribution is 2.37. The fourth-order valence-corrected chi connectivity index (χ4v) is 4.47. The van der Waals surface area contributed by atoms with Crippen LogP contribution in [0.3, 0.4) is 0 Å². The number of fused-ring (bicyclic) bond motifs is 1. The van der Waals surface area contributed by atoms with E-state index in [1.54, 1.807) is 18.2 Å². The third-order valence-corrected chi connectivity index (χ3v) is 6.34. The molecule has 1 aromatic rings. The maximum Gasteiger partial charge on any atom is 0.522 e. The van der Waals surface area contributed by atoms with Crippen LogP contribution in [0, 0.1) is 11.8 Å². The second-order valence-corrected chi connectivity index (χ2v) is 9.72. The molecule has 3 amide bonds. The number of rotatable bonds is 12. The van der Waals surface area contributed by atoms with Gasteiger partial charge in [0.1, 0.15) is 12.6 Å². The van der Waals surface area contributed by atoms with Crippen molar-refractivity contribution in [1.29, 1.82) is 0 Å². The number of hydrogen-bond donors (Lipinski definition) is 3. The number of amides is 3. The molecule has 0 radical (unpaired) electrons. The van der Waals surface area contributed by atoms with Gasteiger partial charge in [-0.05, 0) is 31.2 Å². The highest BCUT2D eigenvalue weighted by atomic mass is 19.4. The fraction of sp³-hybridized carbons (Fsp3) is 0.600. The third-order valence-electron chi connectivity index (χ3n) is 6.34. The van der Waals surface area contributed by atoms with Crippen molar-refractivity contribution in [3.05, 3.63) is 23.8 Å². The monoisotopic (exact) mass is 543 g/mol. The van der Waals surface area contributed by atoms with Crippen molar-refractivity contribution in [3.63, 3.8) is 0 Å². The van der Waals surface area contributed by atoms with E-state index >= 15 is 0 Å². The zero-order valence-corrected chi connectivity index (χ0v) is 21.4. The summed E-state index contributed by atoms with van der Waals surface area (Å²) in [7, 11) is 1.47. The van der Waals surface area contributed by atoms with Gasteiger partial charge in [0.15, 0.2) is 23.4 Å². The summed E-state index contributed by atoms with van der Waals surface area (Å²) in [6.07, 6.45) is -5.35. The van der Waals surface area contributed by atoms with Gasteiger partial charge in [-0.1, -0.05) is 26.0 Å². The van der Waals surface area contributed by atoms with Crippen molar-refractivity contribution in [2.45, 2.75) is 64.1 Å². The predicted octanol–water partition coefficient (Wildman–Crippen LogP) is 1.65. The number of halogens is 3. The summed E-state index contributed by atoms with van der Waals surface area (Å²) in [5.41, 5.74) is 0.763. The number of alkyl halides is 3. The maximum atomic E-state index is 13.2. The lowest BCUT2D eigenvalue weighted by atomic mass is 9.95. The van der Waals surface area contributed by atoms with Crippen molar-refractivity contribution in [2.24, 2.45) is 11.8 Å². The minimum atomic E-state index is -5.04. The summed E-state index contributed by atoms with van der Waals surface area (Å²) >= 11 is 0. The molecule has 1 unspecified atom stereocenters. The molecule has 0 aromatic heterocycles. The van der Waals surface area contributed by atoms with Crippen molar-refractivity contribution >= 4 is 23.5 Å². The Hall–Kier alpha value is -3.35. The molecule has 4 atom stereocenters. The van der Waals surface area contributed by atoms with Crippen molar-refractivity contribution in [2.75, 3.05) is 20.3 Å². The number of Topliss-reactive ketones (excluding diaryl/α,β-unsaturated/α-hetero) is 1. The number of nitrogens with one attached hydrogen (secondary N) is 3. The van der Waals surface area contributed by atoms with E-state index in [1.807, 2.05) is 13.8 Å². The largest absolute Gasteiger partial charge is 0.522 e. The molecule has 13 heteroatoms. The molecule has 2 aliphatic heterocycles. The molecule has 10 nitrogen and oxygen atoms in total. The zero-order valence-electron chi connectivity index (χ0n) is 21.4. The first-order valence-electron chi connectivity index (χ1n) is 12.3. The van der Waals surface area contributed by atoms with E-state index in [2.05, 4.69) is 20.7 Å². The number of hydrogen-bond acceptors (Lipinski definition) is 7. The Morgan fingerprint density at radius 2 is 1.92 bits per heavy atom. The van der Waals surface area contributed by atoms with Gasteiger partial charge in [0.05, 0.1) is 13.2 Å². The lowest BCUT2D eigenvalue weighted by molar-refractivity contribution is -0.321. The molecule has 38 heavy (non-hydrogen) atoms. The summed E-state index contributed by atoms with van der Waals surface area (Å²) in [6.45, 7) is 2.68. The van der Waals surface area contributed by atoms with Crippen molar-refractivity contribution < 1.29 is 46.6 Å². The van der Waals surface area contributed by atoms with E-state index < -0.39 is 54.7 Å². The average Bonchev–Trinajstić information content (AvgIpc) is 3.46. The van der Waals surface area contributed by atoms with Gasteiger partial charge in [-0.2, -0.15) is 0 Å². The van der Waals surface area contributed by atoms with E-state index in [0.717, 1.165) is 5.56 Å². The quantitative estimate of drug-likeness (QED) is 0.365. The second kappa shape index (κ2) is 12.5. The van der Waals surface area contributed by atoms with E-state index in [0.29, 0.717) is 24.5 Å². The number of methoxy groups -OCH3 is 1. The lowest BCUT2D eigenvalue weighted by Crippen LogP contribution is -2.55. The molecule has 2 heterocycles. The van der Waals surface area contributed by atoms with Gasteiger partial charge in [0.2, 0.25) is 11.8 Å². The zero-order chi connectivity index (χ0) is 28.0. The average molecular weight is 544 g/mol. The maximum absolute atomic E-state index is 13.2. The highest BCUT2D eigenvalue weighted by molar-refractivity contribution is 5.94. The number of para-hydroxylation sites is 1. The first-order chi connectivity index (χ1) is 17.9. The Bertz CT molecular complexity index is 1050. The van der Waals surface area contributed by atoms with Crippen LogP contribution in [0.25, 0.3) is 0 Å². The SMILES string of the molecule is COc1cccc2c1OC(C(=O)N[C@@H](CC(C)C)C(=O)N[C@@H](C[C@@H]1CCNC1=O)C(=O)COC(F)(F)F)C2. The summed E-state index contributed by atoms with van der Waals surface area (Å²) < 4.78 is 52.3. The number of carbonyl (C=O) groups is 4.